The van der Waals surface area contributed by atoms with Crippen molar-refractivity contribution in [2.45, 2.75) is 50.9 Å². The van der Waals surface area contributed by atoms with Crippen LogP contribution in [-0.2, 0) is 19.0 Å². The van der Waals surface area contributed by atoms with Crippen molar-refractivity contribution in [3.63, 3.8) is 0 Å². The topological polar surface area (TPSA) is 81.7 Å². The van der Waals surface area contributed by atoms with E-state index >= 15 is 0 Å². The quantitative estimate of drug-likeness (QED) is 0.632. The molecule has 0 unspecified atom stereocenters. The molecule has 0 heterocycles. The lowest BCUT2D eigenvalue weighted by molar-refractivity contribution is -0.200. The molecular weight excluding hydrogens is 284 g/mol. The van der Waals surface area contributed by atoms with Gasteiger partial charge in [0.15, 0.2) is 5.72 Å². The second-order valence-electron chi connectivity index (χ2n) is 5.62. The zero-order valence-corrected chi connectivity index (χ0v) is 11.9. The van der Waals surface area contributed by atoms with Gasteiger partial charge >= 0.3 is 6.09 Å². The van der Waals surface area contributed by atoms with Crippen LogP contribution >= 0.6 is 0 Å². The molecule has 1 fully saturated rings. The van der Waals surface area contributed by atoms with Crippen LogP contribution in [0, 0.1) is 0 Å². The average Bonchev–Trinajstić information content (AvgIpc) is 1.89. The molecule has 1 amide bonds. The highest BCUT2D eigenvalue weighted by Gasteiger charge is 2.60. The number of alkyl carbamates (subject to hydrolysis) is 1. The van der Waals surface area contributed by atoms with E-state index in [2.05, 4.69) is 9.50 Å². The van der Waals surface area contributed by atoms with E-state index in [0.717, 1.165) is 6.26 Å². The lowest BCUT2D eigenvalue weighted by atomic mass is 9.84. The molecule has 0 atom stereocenters. The number of rotatable bonds is 3. The molecule has 1 aliphatic rings. The molecule has 0 bridgehead atoms. The van der Waals surface area contributed by atoms with E-state index in [1.807, 2.05) is 0 Å². The summed E-state index contributed by atoms with van der Waals surface area (Å²) in [5, 5.41) is 2.06. The highest BCUT2D eigenvalue weighted by Crippen LogP contribution is 2.47. The Bertz CT molecular complexity index is 461. The summed E-state index contributed by atoms with van der Waals surface area (Å²) in [6.45, 7) is 4.77. The third-order valence-electron chi connectivity index (χ3n) is 2.13. The van der Waals surface area contributed by atoms with Crippen LogP contribution in [-0.4, -0.2) is 38.0 Å². The van der Waals surface area contributed by atoms with Gasteiger partial charge in [-0.2, -0.15) is 8.42 Å². The number of hydrogen-bond donors (Lipinski definition) is 1. The molecule has 0 spiro atoms. The van der Waals surface area contributed by atoms with E-state index in [1.54, 1.807) is 20.8 Å². The summed E-state index contributed by atoms with van der Waals surface area (Å²) in [7, 11) is -3.99. The van der Waals surface area contributed by atoms with Crippen LogP contribution in [0.4, 0.5) is 13.6 Å². The molecule has 6 nitrogen and oxygen atoms in total. The van der Waals surface area contributed by atoms with Gasteiger partial charge in [0.05, 0.1) is 19.1 Å². The lowest BCUT2D eigenvalue weighted by Gasteiger charge is -2.45. The van der Waals surface area contributed by atoms with E-state index < -0.39 is 46.3 Å². The molecule has 1 saturated carbocycles. The summed E-state index contributed by atoms with van der Waals surface area (Å²) in [5.74, 6) is -3.07. The van der Waals surface area contributed by atoms with E-state index in [9.17, 15) is 22.0 Å². The predicted octanol–water partition coefficient (Wildman–Crippen LogP) is 1.61. The van der Waals surface area contributed by atoms with Crippen LogP contribution in [0.5, 0.6) is 0 Å². The third kappa shape index (κ3) is 5.27. The van der Waals surface area contributed by atoms with E-state index in [-0.39, 0.29) is 0 Å². The minimum Gasteiger partial charge on any atom is -0.444 e. The van der Waals surface area contributed by atoms with Crippen molar-refractivity contribution in [3.8, 4) is 0 Å². The number of ether oxygens (including phenoxy) is 1. The third-order valence-corrected chi connectivity index (χ3v) is 2.75. The Balaban J connectivity index is 2.76. The predicted molar refractivity (Wildman–Crippen MR) is 62.2 cm³/mol. The number of hydrogen-bond acceptors (Lipinski definition) is 5. The molecule has 9 heteroatoms. The number of carbonyl (C=O) groups excluding carboxylic acids is 1. The van der Waals surface area contributed by atoms with Gasteiger partial charge in [-0.15, -0.1) is 0 Å². The molecule has 0 aromatic heterocycles. The average molecular weight is 301 g/mol. The van der Waals surface area contributed by atoms with Crippen molar-refractivity contribution < 1.29 is 30.9 Å². The van der Waals surface area contributed by atoms with Crippen LogP contribution in [0.15, 0.2) is 0 Å². The fraction of sp³-hybridized carbons (Fsp3) is 0.900. The summed E-state index contributed by atoms with van der Waals surface area (Å²) in [5.41, 5.74) is -2.76. The van der Waals surface area contributed by atoms with Gasteiger partial charge in [-0.25, -0.2) is 17.8 Å². The molecule has 0 radical (unpaired) electrons. The summed E-state index contributed by atoms with van der Waals surface area (Å²) in [6, 6.07) is 0. The molecular formula is C10H17F2NO5S. The summed E-state index contributed by atoms with van der Waals surface area (Å²) in [6.07, 6.45) is -2.10. The maximum Gasteiger partial charge on any atom is 0.409 e. The molecule has 0 aromatic carbocycles. The van der Waals surface area contributed by atoms with Crippen LogP contribution in [0.1, 0.15) is 33.6 Å². The molecule has 1 N–H and O–H groups in total. The first-order valence-corrected chi connectivity index (χ1v) is 7.33. The van der Waals surface area contributed by atoms with Crippen molar-refractivity contribution in [3.05, 3.63) is 0 Å². The number of amides is 1. The number of alkyl halides is 2. The normalized spacial score (nSPS) is 21.4. The van der Waals surface area contributed by atoms with Gasteiger partial charge in [-0.05, 0) is 20.8 Å². The highest BCUT2D eigenvalue weighted by atomic mass is 32.2. The maximum absolute atomic E-state index is 12.9. The first kappa shape index (κ1) is 16.1. The van der Waals surface area contributed by atoms with Crippen molar-refractivity contribution >= 4 is 16.2 Å². The highest BCUT2D eigenvalue weighted by molar-refractivity contribution is 7.86. The number of nitrogens with one attached hydrogen (secondary N) is 1. The SMILES string of the molecule is CC(C)(C)OC(=O)NC1(OS(C)(=O)=O)CC(F)(F)C1. The van der Waals surface area contributed by atoms with Crippen molar-refractivity contribution in [1.82, 2.24) is 5.32 Å². The number of halogens is 2. The van der Waals surface area contributed by atoms with Gasteiger partial charge < -0.3 is 4.74 Å². The van der Waals surface area contributed by atoms with Gasteiger partial charge in [-0.1, -0.05) is 0 Å². The maximum atomic E-state index is 12.9. The molecule has 0 saturated heterocycles. The number of carbonyl (C=O) groups is 1. The Morgan fingerprint density at radius 2 is 1.74 bits per heavy atom. The molecule has 1 aliphatic carbocycles. The molecule has 19 heavy (non-hydrogen) atoms. The van der Waals surface area contributed by atoms with Gasteiger partial charge in [0, 0.05) is 0 Å². The Morgan fingerprint density at radius 3 is 2.05 bits per heavy atom. The van der Waals surface area contributed by atoms with E-state index in [4.69, 9.17) is 4.74 Å². The monoisotopic (exact) mass is 301 g/mol. The van der Waals surface area contributed by atoms with E-state index in [1.165, 1.54) is 0 Å². The minimum absolute atomic E-state index is 0.724. The van der Waals surface area contributed by atoms with Gasteiger partial charge in [0.2, 0.25) is 0 Å². The Hall–Kier alpha value is -0.960. The molecule has 0 aromatic rings. The first-order chi connectivity index (χ1) is 8.22. The van der Waals surface area contributed by atoms with Gasteiger partial charge in [0.25, 0.3) is 16.0 Å². The lowest BCUT2D eigenvalue weighted by Crippen LogP contribution is -2.64. The van der Waals surface area contributed by atoms with Gasteiger partial charge in [0.1, 0.15) is 5.60 Å². The second kappa shape index (κ2) is 4.55. The summed E-state index contributed by atoms with van der Waals surface area (Å²) < 4.78 is 57.4. The minimum atomic E-state index is -3.99. The zero-order valence-electron chi connectivity index (χ0n) is 11.1. The van der Waals surface area contributed by atoms with Gasteiger partial charge in [-0.3, -0.25) is 5.32 Å². The van der Waals surface area contributed by atoms with Crippen LogP contribution < -0.4 is 5.32 Å². The Labute approximate surface area is 110 Å². The fourth-order valence-corrected chi connectivity index (χ4v) is 2.47. The second-order valence-corrected chi connectivity index (χ2v) is 7.19. The zero-order chi connectivity index (χ0) is 15.1. The van der Waals surface area contributed by atoms with Crippen molar-refractivity contribution in [1.29, 1.82) is 0 Å². The van der Waals surface area contributed by atoms with Crippen molar-refractivity contribution in [2.75, 3.05) is 6.26 Å². The largest absolute Gasteiger partial charge is 0.444 e. The fourth-order valence-electron chi connectivity index (χ4n) is 1.73. The summed E-state index contributed by atoms with van der Waals surface area (Å²) in [4.78, 5) is 11.5. The van der Waals surface area contributed by atoms with Crippen molar-refractivity contribution in [2.24, 2.45) is 0 Å². The first-order valence-electron chi connectivity index (χ1n) is 5.52. The smallest absolute Gasteiger partial charge is 0.409 e. The van der Waals surface area contributed by atoms with E-state index in [0.29, 0.717) is 0 Å². The molecule has 0 aliphatic heterocycles. The Kier molecular flexibility index (Phi) is 3.85. The van der Waals surface area contributed by atoms with Crippen LogP contribution in [0.2, 0.25) is 0 Å². The molecule has 112 valence electrons. The molecule has 1 rings (SSSR count). The summed E-state index contributed by atoms with van der Waals surface area (Å²) >= 11 is 0. The van der Waals surface area contributed by atoms with Crippen LogP contribution in [0.3, 0.4) is 0 Å². The Morgan fingerprint density at radius 1 is 1.26 bits per heavy atom. The van der Waals surface area contributed by atoms with Crippen LogP contribution in [0.25, 0.3) is 0 Å². The standard InChI is InChI=1S/C10H17F2NO5S/c1-8(2,3)17-7(14)13-10(18-19(4,15)16)5-9(11,12)6-10/h5-6H2,1-4H3,(H,13,14).